The second kappa shape index (κ2) is 3.96. The van der Waals surface area contributed by atoms with Crippen molar-refractivity contribution in [3.8, 4) is 5.88 Å². The minimum atomic E-state index is 0.599. The lowest BCUT2D eigenvalue weighted by Gasteiger charge is -2.07. The number of hydrogen-bond acceptors (Lipinski definition) is 3. The molecule has 0 amide bonds. The van der Waals surface area contributed by atoms with Gasteiger partial charge in [-0.15, -0.1) is 0 Å². The summed E-state index contributed by atoms with van der Waals surface area (Å²) in [5, 5.41) is 3.20. The molecule has 3 nitrogen and oxygen atoms in total. The number of benzene rings is 2. The number of nitrogens with zero attached hydrogens (tertiary/aromatic N) is 2. The van der Waals surface area contributed by atoms with Gasteiger partial charge in [0.1, 0.15) is 6.33 Å². The van der Waals surface area contributed by atoms with Gasteiger partial charge in [0.05, 0.1) is 22.5 Å². The van der Waals surface area contributed by atoms with Crippen molar-refractivity contribution >= 4 is 37.6 Å². The van der Waals surface area contributed by atoms with Gasteiger partial charge in [-0.3, -0.25) is 0 Å². The van der Waals surface area contributed by atoms with Crippen LogP contribution >= 0.6 is 15.9 Å². The molecule has 1 heterocycles. The van der Waals surface area contributed by atoms with Crippen molar-refractivity contribution in [2.24, 2.45) is 0 Å². The molecule has 0 saturated carbocycles. The van der Waals surface area contributed by atoms with Crippen LogP contribution in [0.25, 0.3) is 21.7 Å². The Morgan fingerprint density at radius 2 is 1.94 bits per heavy atom. The molecule has 0 saturated heterocycles. The van der Waals surface area contributed by atoms with Crippen molar-refractivity contribution in [1.82, 2.24) is 9.97 Å². The van der Waals surface area contributed by atoms with Crippen molar-refractivity contribution < 1.29 is 4.74 Å². The van der Waals surface area contributed by atoms with Crippen LogP contribution in [0.15, 0.2) is 41.1 Å². The zero-order valence-electron chi connectivity index (χ0n) is 9.14. The normalized spacial score (nSPS) is 10.9. The highest BCUT2D eigenvalue weighted by atomic mass is 79.9. The summed E-state index contributed by atoms with van der Waals surface area (Å²) in [6.45, 7) is 0. The first-order chi connectivity index (χ1) is 8.31. The molecule has 0 aliphatic heterocycles. The first-order valence-corrected chi connectivity index (χ1v) is 5.96. The summed E-state index contributed by atoms with van der Waals surface area (Å²) in [5.74, 6) is 0.599. The van der Waals surface area contributed by atoms with E-state index in [-0.39, 0.29) is 0 Å². The number of methoxy groups -OCH3 is 1. The van der Waals surface area contributed by atoms with Crippen LogP contribution in [0.1, 0.15) is 0 Å². The average Bonchev–Trinajstić information content (AvgIpc) is 2.38. The van der Waals surface area contributed by atoms with Gasteiger partial charge in [0, 0.05) is 0 Å². The third-order valence-electron chi connectivity index (χ3n) is 2.75. The van der Waals surface area contributed by atoms with E-state index < -0.39 is 0 Å². The summed E-state index contributed by atoms with van der Waals surface area (Å²) in [5.41, 5.74) is 0.871. The Labute approximate surface area is 107 Å². The van der Waals surface area contributed by atoms with Crippen molar-refractivity contribution in [2.45, 2.75) is 0 Å². The van der Waals surface area contributed by atoms with E-state index in [0.717, 1.165) is 26.1 Å². The van der Waals surface area contributed by atoms with Crippen LogP contribution in [0.4, 0.5) is 0 Å². The third-order valence-corrected chi connectivity index (χ3v) is 3.55. The van der Waals surface area contributed by atoms with Crippen LogP contribution in [-0.2, 0) is 0 Å². The minimum absolute atomic E-state index is 0.599. The second-order valence-electron chi connectivity index (χ2n) is 3.69. The molecule has 0 fully saturated rings. The van der Waals surface area contributed by atoms with E-state index in [2.05, 4.69) is 38.0 Å². The lowest BCUT2D eigenvalue weighted by molar-refractivity contribution is 0.402. The standard InChI is InChI=1S/C13H9BrN2O/c1-17-13-10-6-8-4-2-3-5-9(8)11(14)12(10)15-7-16-13/h2-7H,1H3. The van der Waals surface area contributed by atoms with Crippen LogP contribution in [0.5, 0.6) is 5.88 Å². The maximum absolute atomic E-state index is 5.26. The minimum Gasteiger partial charge on any atom is -0.480 e. The number of rotatable bonds is 1. The fourth-order valence-corrected chi connectivity index (χ4v) is 2.63. The van der Waals surface area contributed by atoms with Crippen molar-refractivity contribution in [1.29, 1.82) is 0 Å². The molecular weight excluding hydrogens is 280 g/mol. The number of fused-ring (bicyclic) bond motifs is 2. The Hall–Kier alpha value is -1.68. The molecule has 0 atom stereocenters. The summed E-state index contributed by atoms with van der Waals surface area (Å²) in [7, 11) is 1.62. The molecule has 1 aromatic heterocycles. The highest BCUT2D eigenvalue weighted by molar-refractivity contribution is 9.10. The zero-order chi connectivity index (χ0) is 11.8. The Bertz CT molecular complexity index is 712. The van der Waals surface area contributed by atoms with Crippen LogP contribution in [0, 0.1) is 0 Å². The van der Waals surface area contributed by atoms with Crippen molar-refractivity contribution in [2.75, 3.05) is 7.11 Å². The van der Waals surface area contributed by atoms with Gasteiger partial charge < -0.3 is 4.74 Å². The monoisotopic (exact) mass is 288 g/mol. The Kier molecular flexibility index (Phi) is 2.44. The first kappa shape index (κ1) is 10.5. The number of hydrogen-bond donors (Lipinski definition) is 0. The molecule has 3 rings (SSSR count). The van der Waals surface area contributed by atoms with Gasteiger partial charge >= 0.3 is 0 Å². The molecule has 0 aliphatic rings. The molecule has 0 aliphatic carbocycles. The molecule has 84 valence electrons. The van der Waals surface area contributed by atoms with Crippen LogP contribution in [0.2, 0.25) is 0 Å². The number of ether oxygens (including phenoxy) is 1. The van der Waals surface area contributed by atoms with Gasteiger partial charge in [-0.05, 0) is 32.8 Å². The summed E-state index contributed by atoms with van der Waals surface area (Å²) < 4.78 is 6.24. The summed E-state index contributed by atoms with van der Waals surface area (Å²) >= 11 is 3.60. The Morgan fingerprint density at radius 3 is 2.76 bits per heavy atom. The van der Waals surface area contributed by atoms with E-state index in [1.54, 1.807) is 7.11 Å². The van der Waals surface area contributed by atoms with Crippen molar-refractivity contribution in [3.05, 3.63) is 41.1 Å². The van der Waals surface area contributed by atoms with E-state index in [1.165, 1.54) is 6.33 Å². The fourth-order valence-electron chi connectivity index (χ4n) is 1.95. The summed E-state index contributed by atoms with van der Waals surface area (Å²) in [6.07, 6.45) is 1.51. The third kappa shape index (κ3) is 1.56. The molecule has 2 aromatic carbocycles. The topological polar surface area (TPSA) is 35.0 Å². The van der Waals surface area contributed by atoms with Gasteiger partial charge in [0.2, 0.25) is 5.88 Å². The quantitative estimate of drug-likeness (QED) is 0.642. The predicted molar refractivity (Wildman–Crippen MR) is 71.3 cm³/mol. The fraction of sp³-hybridized carbons (Fsp3) is 0.0769. The van der Waals surface area contributed by atoms with Gasteiger partial charge in [0.25, 0.3) is 0 Å². The molecular formula is C13H9BrN2O. The second-order valence-corrected chi connectivity index (χ2v) is 4.48. The SMILES string of the molecule is COc1ncnc2c(Br)c3ccccc3cc12. The lowest BCUT2D eigenvalue weighted by Crippen LogP contribution is -1.92. The van der Waals surface area contributed by atoms with Crippen LogP contribution in [-0.4, -0.2) is 17.1 Å². The molecule has 0 radical (unpaired) electrons. The molecule has 0 bridgehead atoms. The molecule has 0 N–H and O–H groups in total. The van der Waals surface area contributed by atoms with Gasteiger partial charge in [-0.25, -0.2) is 9.97 Å². The zero-order valence-corrected chi connectivity index (χ0v) is 10.7. The number of aromatic nitrogens is 2. The predicted octanol–water partition coefficient (Wildman–Crippen LogP) is 3.55. The maximum Gasteiger partial charge on any atom is 0.224 e. The smallest absolute Gasteiger partial charge is 0.224 e. The Morgan fingerprint density at radius 1 is 1.12 bits per heavy atom. The Balaban J connectivity index is 2.54. The van der Waals surface area contributed by atoms with Crippen molar-refractivity contribution in [3.63, 3.8) is 0 Å². The van der Waals surface area contributed by atoms with Crippen LogP contribution in [0.3, 0.4) is 0 Å². The average molecular weight is 289 g/mol. The van der Waals surface area contributed by atoms with Gasteiger partial charge in [0.15, 0.2) is 0 Å². The molecule has 17 heavy (non-hydrogen) atoms. The van der Waals surface area contributed by atoms with E-state index in [9.17, 15) is 0 Å². The van der Waals surface area contributed by atoms with Crippen LogP contribution < -0.4 is 4.74 Å². The first-order valence-electron chi connectivity index (χ1n) is 5.17. The van der Waals surface area contributed by atoms with E-state index in [1.807, 2.05) is 18.2 Å². The van der Waals surface area contributed by atoms with E-state index in [4.69, 9.17) is 4.74 Å². The summed E-state index contributed by atoms with van der Waals surface area (Å²) in [6, 6.07) is 10.2. The number of halogens is 1. The lowest BCUT2D eigenvalue weighted by atomic mass is 10.1. The highest BCUT2D eigenvalue weighted by Gasteiger charge is 2.10. The van der Waals surface area contributed by atoms with E-state index in [0.29, 0.717) is 5.88 Å². The molecule has 0 spiro atoms. The molecule has 4 heteroatoms. The molecule has 3 aromatic rings. The van der Waals surface area contributed by atoms with Gasteiger partial charge in [-0.2, -0.15) is 0 Å². The largest absolute Gasteiger partial charge is 0.480 e. The van der Waals surface area contributed by atoms with E-state index >= 15 is 0 Å². The maximum atomic E-state index is 5.26. The highest BCUT2D eigenvalue weighted by Crippen LogP contribution is 2.34. The molecule has 0 unspecified atom stereocenters. The summed E-state index contributed by atoms with van der Waals surface area (Å²) in [4.78, 5) is 8.42. The van der Waals surface area contributed by atoms with Gasteiger partial charge in [-0.1, -0.05) is 24.3 Å².